The molecule has 0 saturated carbocycles. The van der Waals surface area contributed by atoms with Crippen LogP contribution in [-0.4, -0.2) is 27.6 Å². The lowest BCUT2D eigenvalue weighted by molar-refractivity contribution is -0.118. The highest BCUT2D eigenvalue weighted by Gasteiger charge is 2.22. The summed E-state index contributed by atoms with van der Waals surface area (Å²) in [6, 6.07) is 21.6. The lowest BCUT2D eigenvalue weighted by Crippen LogP contribution is -2.35. The highest BCUT2D eigenvalue weighted by molar-refractivity contribution is 5.95. The lowest BCUT2D eigenvalue weighted by atomic mass is 9.98. The Morgan fingerprint density at radius 3 is 2.29 bits per heavy atom. The zero-order chi connectivity index (χ0) is 24.1. The molecule has 0 aliphatic carbocycles. The summed E-state index contributed by atoms with van der Waals surface area (Å²) in [5.74, 6) is 0.638. The van der Waals surface area contributed by atoms with Crippen LogP contribution >= 0.6 is 0 Å². The highest BCUT2D eigenvalue weighted by atomic mass is 16.2. The maximum atomic E-state index is 13.3. The van der Waals surface area contributed by atoms with Gasteiger partial charge in [0, 0.05) is 29.6 Å². The summed E-state index contributed by atoms with van der Waals surface area (Å²) < 4.78 is 0. The van der Waals surface area contributed by atoms with Gasteiger partial charge in [0.2, 0.25) is 5.91 Å². The molecular weight excluding hydrogens is 422 g/mol. The van der Waals surface area contributed by atoms with Crippen LogP contribution in [0.15, 0.2) is 72.9 Å². The fraction of sp³-hybridized carbons (Fsp3) is 0.250. The van der Waals surface area contributed by atoms with Crippen molar-refractivity contribution in [1.82, 2.24) is 20.5 Å². The summed E-state index contributed by atoms with van der Waals surface area (Å²) in [4.78, 5) is 17.8. The molecule has 2 atom stereocenters. The smallest absolute Gasteiger partial charge is 0.247 e. The molecule has 0 radical (unpaired) electrons. The van der Waals surface area contributed by atoms with Gasteiger partial charge in [0.1, 0.15) is 11.9 Å². The van der Waals surface area contributed by atoms with Gasteiger partial charge in [0.05, 0.1) is 5.69 Å². The van der Waals surface area contributed by atoms with E-state index in [0.717, 1.165) is 28.1 Å². The molecule has 6 nitrogen and oxygen atoms in total. The Kier molecular flexibility index (Phi) is 7.18. The number of aromatic nitrogens is 3. The van der Waals surface area contributed by atoms with Gasteiger partial charge >= 0.3 is 0 Å². The van der Waals surface area contributed by atoms with Crippen molar-refractivity contribution < 1.29 is 4.79 Å². The minimum atomic E-state index is -0.492. The average Bonchev–Trinajstić information content (AvgIpc) is 3.18. The van der Waals surface area contributed by atoms with Crippen LogP contribution in [0.2, 0.25) is 0 Å². The summed E-state index contributed by atoms with van der Waals surface area (Å²) in [6.45, 7) is 8.86. The molecule has 6 heteroatoms. The van der Waals surface area contributed by atoms with Gasteiger partial charge in [0.25, 0.3) is 0 Å². The molecule has 1 amide bonds. The number of hydrogen-bond acceptors (Lipinski definition) is 4. The number of H-pyrrole nitrogens is 1. The van der Waals surface area contributed by atoms with Gasteiger partial charge in [-0.1, -0.05) is 67.1 Å². The fourth-order valence-electron chi connectivity index (χ4n) is 4.11. The van der Waals surface area contributed by atoms with E-state index in [1.165, 1.54) is 11.1 Å². The number of aryl methyl sites for hydroxylation is 3. The molecule has 4 aromatic rings. The average molecular weight is 454 g/mol. The summed E-state index contributed by atoms with van der Waals surface area (Å²) in [7, 11) is 0. The topological polar surface area (TPSA) is 82.7 Å². The standard InChI is InChI=1S/C28H31N5O/c1-18-10-12-22(13-11-18)19(2)16-30-27(23-8-6-5-7-9-23)28(34)31-25-15-14-24(17-29-25)26-20(3)32-33-21(26)4/h5-15,17,19,27,30H,16H2,1-4H3,(H,32,33)(H,29,31,34)/t19-,27-/m1/s1. The Hall–Kier alpha value is -3.77. The van der Waals surface area contributed by atoms with Gasteiger partial charge in [0.15, 0.2) is 0 Å². The summed E-state index contributed by atoms with van der Waals surface area (Å²) in [5, 5.41) is 13.7. The first-order chi connectivity index (χ1) is 16.4. The number of carbonyl (C=O) groups is 1. The summed E-state index contributed by atoms with van der Waals surface area (Å²) in [5.41, 5.74) is 7.32. The van der Waals surface area contributed by atoms with Gasteiger partial charge in [-0.15, -0.1) is 0 Å². The number of hydrogen-bond donors (Lipinski definition) is 3. The van der Waals surface area contributed by atoms with Crippen LogP contribution in [0.1, 0.15) is 47.0 Å². The van der Waals surface area contributed by atoms with Crippen molar-refractivity contribution in [2.24, 2.45) is 0 Å². The molecule has 0 spiro atoms. The van der Waals surface area contributed by atoms with Gasteiger partial charge in [-0.05, 0) is 49.9 Å². The second kappa shape index (κ2) is 10.4. The summed E-state index contributed by atoms with van der Waals surface area (Å²) in [6.07, 6.45) is 1.77. The second-order valence-corrected chi connectivity index (χ2v) is 8.79. The van der Waals surface area contributed by atoms with E-state index in [4.69, 9.17) is 0 Å². The van der Waals surface area contributed by atoms with E-state index in [2.05, 4.69) is 63.9 Å². The number of anilines is 1. The molecule has 0 bridgehead atoms. The van der Waals surface area contributed by atoms with Crippen molar-refractivity contribution in [1.29, 1.82) is 0 Å². The van der Waals surface area contributed by atoms with Gasteiger partial charge in [-0.25, -0.2) is 4.98 Å². The monoisotopic (exact) mass is 453 g/mol. The Morgan fingerprint density at radius 1 is 0.941 bits per heavy atom. The van der Waals surface area contributed by atoms with Crippen molar-refractivity contribution >= 4 is 11.7 Å². The van der Waals surface area contributed by atoms with Crippen LogP contribution in [-0.2, 0) is 4.79 Å². The predicted octanol–water partition coefficient (Wildman–Crippen LogP) is 5.47. The normalized spacial score (nSPS) is 12.8. The van der Waals surface area contributed by atoms with Crippen LogP contribution in [0.4, 0.5) is 5.82 Å². The molecule has 4 rings (SSSR count). The lowest BCUT2D eigenvalue weighted by Gasteiger charge is -2.21. The van der Waals surface area contributed by atoms with Crippen LogP contribution in [0.25, 0.3) is 11.1 Å². The van der Waals surface area contributed by atoms with Crippen molar-refractivity contribution in [3.05, 3.63) is 101 Å². The fourth-order valence-corrected chi connectivity index (χ4v) is 4.11. The third-order valence-electron chi connectivity index (χ3n) is 6.10. The number of nitrogens with zero attached hydrogens (tertiary/aromatic N) is 2. The summed E-state index contributed by atoms with van der Waals surface area (Å²) >= 11 is 0. The maximum absolute atomic E-state index is 13.3. The number of aromatic amines is 1. The highest BCUT2D eigenvalue weighted by Crippen LogP contribution is 2.25. The van der Waals surface area contributed by atoms with Crippen LogP contribution in [0.3, 0.4) is 0 Å². The van der Waals surface area contributed by atoms with E-state index in [1.807, 2.05) is 56.3 Å². The van der Waals surface area contributed by atoms with E-state index in [1.54, 1.807) is 6.20 Å². The predicted molar refractivity (Wildman–Crippen MR) is 137 cm³/mol. The van der Waals surface area contributed by atoms with Gasteiger partial charge in [-0.3, -0.25) is 9.89 Å². The van der Waals surface area contributed by atoms with E-state index >= 15 is 0 Å². The maximum Gasteiger partial charge on any atom is 0.247 e. The van der Waals surface area contributed by atoms with Gasteiger partial charge < -0.3 is 10.6 Å². The number of carbonyl (C=O) groups excluding carboxylic acids is 1. The Bertz CT molecular complexity index is 1210. The van der Waals surface area contributed by atoms with Crippen molar-refractivity contribution in [3.8, 4) is 11.1 Å². The zero-order valence-electron chi connectivity index (χ0n) is 20.1. The minimum absolute atomic E-state index is 0.141. The third kappa shape index (κ3) is 5.41. The van der Waals surface area contributed by atoms with Gasteiger partial charge in [-0.2, -0.15) is 5.10 Å². The third-order valence-corrected chi connectivity index (χ3v) is 6.10. The first kappa shape index (κ1) is 23.4. The van der Waals surface area contributed by atoms with E-state index in [9.17, 15) is 4.79 Å². The molecule has 3 N–H and O–H groups in total. The molecule has 2 aromatic heterocycles. The first-order valence-corrected chi connectivity index (χ1v) is 11.6. The number of pyridine rings is 1. The van der Waals surface area contributed by atoms with E-state index < -0.39 is 6.04 Å². The Morgan fingerprint density at radius 2 is 1.68 bits per heavy atom. The Labute approximate surface area is 200 Å². The van der Waals surface area contributed by atoms with E-state index in [-0.39, 0.29) is 11.8 Å². The second-order valence-electron chi connectivity index (χ2n) is 8.79. The van der Waals surface area contributed by atoms with Crippen LogP contribution < -0.4 is 10.6 Å². The van der Waals surface area contributed by atoms with Crippen LogP contribution in [0.5, 0.6) is 0 Å². The number of benzene rings is 2. The quantitative estimate of drug-likeness (QED) is 0.330. The van der Waals surface area contributed by atoms with Crippen LogP contribution in [0, 0.1) is 20.8 Å². The number of nitrogens with one attached hydrogen (secondary N) is 3. The Balaban J connectivity index is 1.48. The molecule has 2 aromatic carbocycles. The molecular formula is C28H31N5O. The number of rotatable bonds is 8. The molecule has 0 unspecified atom stereocenters. The molecule has 174 valence electrons. The molecule has 0 saturated heterocycles. The number of amides is 1. The largest absolute Gasteiger partial charge is 0.309 e. The minimum Gasteiger partial charge on any atom is -0.309 e. The van der Waals surface area contributed by atoms with E-state index in [0.29, 0.717) is 12.4 Å². The van der Waals surface area contributed by atoms with Crippen molar-refractivity contribution in [2.45, 2.75) is 39.7 Å². The molecule has 0 fully saturated rings. The molecule has 0 aliphatic rings. The van der Waals surface area contributed by atoms with Crippen molar-refractivity contribution in [2.75, 3.05) is 11.9 Å². The SMILES string of the molecule is Cc1ccc([C@H](C)CN[C@@H](C(=O)Nc2ccc(-c3c(C)n[nH]c3C)cn2)c2ccccc2)cc1. The zero-order valence-corrected chi connectivity index (χ0v) is 20.1. The molecule has 34 heavy (non-hydrogen) atoms. The van der Waals surface area contributed by atoms with Crippen molar-refractivity contribution in [3.63, 3.8) is 0 Å². The molecule has 0 aliphatic heterocycles. The molecule has 2 heterocycles. The first-order valence-electron chi connectivity index (χ1n) is 11.6.